The molecule has 1 rings (SSSR count). The van der Waals surface area contributed by atoms with Crippen LogP contribution < -0.4 is 0 Å². The van der Waals surface area contributed by atoms with Gasteiger partial charge in [0.25, 0.3) is 0 Å². The summed E-state index contributed by atoms with van der Waals surface area (Å²) in [5.74, 6) is 0. The molecule has 3 heteroatoms. The third-order valence-corrected chi connectivity index (χ3v) is 2.09. The fourth-order valence-corrected chi connectivity index (χ4v) is 1.44. The number of methoxy groups -OCH3 is 1. The van der Waals surface area contributed by atoms with Crippen LogP contribution in [-0.4, -0.2) is 31.7 Å². The van der Waals surface area contributed by atoms with Crippen LogP contribution in [0, 0.1) is 0 Å². The summed E-state index contributed by atoms with van der Waals surface area (Å²) in [5.41, 5.74) is 0. The molecule has 0 amide bonds. The van der Waals surface area contributed by atoms with Gasteiger partial charge in [0, 0.05) is 20.0 Å². The first kappa shape index (κ1) is 8.68. The van der Waals surface area contributed by atoms with Crippen LogP contribution in [0.5, 0.6) is 0 Å². The molecular formula is C8H14O3. The van der Waals surface area contributed by atoms with Crippen LogP contribution in [0.3, 0.4) is 0 Å². The first-order valence-electron chi connectivity index (χ1n) is 3.89. The van der Waals surface area contributed by atoms with Crippen molar-refractivity contribution in [1.82, 2.24) is 0 Å². The van der Waals surface area contributed by atoms with Gasteiger partial charge < -0.3 is 14.3 Å². The number of hydrogen-bond donors (Lipinski definition) is 0. The van der Waals surface area contributed by atoms with Crippen molar-refractivity contribution in [2.45, 2.75) is 38.1 Å². The lowest BCUT2D eigenvalue weighted by Crippen LogP contribution is -2.18. The van der Waals surface area contributed by atoms with Crippen LogP contribution in [0.1, 0.15) is 19.8 Å². The molecule has 0 spiro atoms. The summed E-state index contributed by atoms with van der Waals surface area (Å²) in [4.78, 5) is 10.1. The molecular weight excluding hydrogens is 144 g/mol. The molecule has 0 saturated carbocycles. The van der Waals surface area contributed by atoms with Gasteiger partial charge in [0.1, 0.15) is 6.29 Å². The average molecular weight is 158 g/mol. The third kappa shape index (κ3) is 2.01. The smallest absolute Gasteiger partial charge is 0.122 e. The summed E-state index contributed by atoms with van der Waals surface area (Å²) in [6, 6.07) is 0. The molecule has 3 atom stereocenters. The number of ether oxygens (including phenoxy) is 2. The van der Waals surface area contributed by atoms with Gasteiger partial charge in [0.15, 0.2) is 0 Å². The van der Waals surface area contributed by atoms with Gasteiger partial charge >= 0.3 is 0 Å². The summed E-state index contributed by atoms with van der Waals surface area (Å²) in [7, 11) is 1.67. The van der Waals surface area contributed by atoms with Gasteiger partial charge in [-0.2, -0.15) is 0 Å². The average Bonchev–Trinajstić information content (AvgIpc) is 2.32. The molecule has 1 aliphatic heterocycles. The van der Waals surface area contributed by atoms with Crippen LogP contribution in [0.15, 0.2) is 0 Å². The fraction of sp³-hybridized carbons (Fsp3) is 0.875. The Hall–Kier alpha value is -0.410. The van der Waals surface area contributed by atoms with Gasteiger partial charge in [-0.3, -0.25) is 0 Å². The van der Waals surface area contributed by atoms with Crippen molar-refractivity contribution >= 4 is 6.29 Å². The van der Waals surface area contributed by atoms with Crippen molar-refractivity contribution in [3.63, 3.8) is 0 Å². The van der Waals surface area contributed by atoms with E-state index in [2.05, 4.69) is 0 Å². The van der Waals surface area contributed by atoms with Crippen LogP contribution in [0.4, 0.5) is 0 Å². The minimum atomic E-state index is 0.0763. The SMILES string of the molecule is CO[C@@H]1C[C@@H](CC=O)O[C@H]1C. The zero-order chi connectivity index (χ0) is 8.27. The Kier molecular flexibility index (Phi) is 3.02. The number of rotatable bonds is 3. The van der Waals surface area contributed by atoms with Crippen LogP contribution in [0.25, 0.3) is 0 Å². The van der Waals surface area contributed by atoms with Crippen LogP contribution >= 0.6 is 0 Å². The van der Waals surface area contributed by atoms with E-state index in [0.29, 0.717) is 6.42 Å². The molecule has 0 bridgehead atoms. The number of carbonyl (C=O) groups excluding carboxylic acids is 1. The lowest BCUT2D eigenvalue weighted by Gasteiger charge is -2.10. The Bertz CT molecular complexity index is 135. The van der Waals surface area contributed by atoms with Gasteiger partial charge in [-0.1, -0.05) is 0 Å². The Balaban J connectivity index is 2.36. The largest absolute Gasteiger partial charge is 0.379 e. The molecule has 0 aromatic carbocycles. The first-order valence-corrected chi connectivity index (χ1v) is 3.89. The molecule has 64 valence electrons. The van der Waals surface area contributed by atoms with E-state index in [1.165, 1.54) is 0 Å². The highest BCUT2D eigenvalue weighted by Crippen LogP contribution is 2.23. The Morgan fingerprint density at radius 3 is 2.91 bits per heavy atom. The minimum absolute atomic E-state index is 0.0763. The van der Waals surface area contributed by atoms with E-state index >= 15 is 0 Å². The summed E-state index contributed by atoms with van der Waals surface area (Å²) in [6.45, 7) is 1.97. The van der Waals surface area contributed by atoms with E-state index in [4.69, 9.17) is 9.47 Å². The quantitative estimate of drug-likeness (QED) is 0.569. The number of aldehydes is 1. The molecule has 0 aromatic rings. The number of hydrogen-bond acceptors (Lipinski definition) is 3. The topological polar surface area (TPSA) is 35.5 Å². The lowest BCUT2D eigenvalue weighted by molar-refractivity contribution is -0.110. The third-order valence-electron chi connectivity index (χ3n) is 2.09. The Morgan fingerprint density at radius 2 is 2.45 bits per heavy atom. The monoisotopic (exact) mass is 158 g/mol. The van der Waals surface area contributed by atoms with Gasteiger partial charge in [0.05, 0.1) is 18.3 Å². The van der Waals surface area contributed by atoms with E-state index < -0.39 is 0 Å². The highest BCUT2D eigenvalue weighted by Gasteiger charge is 2.31. The molecule has 1 fully saturated rings. The second-order valence-corrected chi connectivity index (χ2v) is 2.88. The van der Waals surface area contributed by atoms with Crippen LogP contribution in [0.2, 0.25) is 0 Å². The Morgan fingerprint density at radius 1 is 1.73 bits per heavy atom. The maximum atomic E-state index is 10.1. The minimum Gasteiger partial charge on any atom is -0.379 e. The molecule has 0 aliphatic carbocycles. The Labute approximate surface area is 66.7 Å². The highest BCUT2D eigenvalue weighted by molar-refractivity contribution is 5.50. The van der Waals surface area contributed by atoms with Crippen molar-refractivity contribution < 1.29 is 14.3 Å². The van der Waals surface area contributed by atoms with E-state index in [-0.39, 0.29) is 18.3 Å². The predicted molar refractivity (Wildman–Crippen MR) is 40.4 cm³/mol. The second-order valence-electron chi connectivity index (χ2n) is 2.88. The first-order chi connectivity index (χ1) is 5.27. The predicted octanol–water partition coefficient (Wildman–Crippen LogP) is 0.768. The van der Waals surface area contributed by atoms with E-state index in [1.807, 2.05) is 6.92 Å². The molecule has 0 N–H and O–H groups in total. The summed E-state index contributed by atoms with van der Waals surface area (Å²) >= 11 is 0. The molecule has 1 saturated heterocycles. The van der Waals surface area contributed by atoms with Crippen molar-refractivity contribution in [3.8, 4) is 0 Å². The molecule has 0 radical (unpaired) electrons. The maximum absolute atomic E-state index is 10.1. The van der Waals surface area contributed by atoms with Gasteiger partial charge in [-0.05, 0) is 6.92 Å². The van der Waals surface area contributed by atoms with E-state index in [1.54, 1.807) is 7.11 Å². The zero-order valence-electron chi connectivity index (χ0n) is 6.95. The maximum Gasteiger partial charge on any atom is 0.122 e. The summed E-state index contributed by atoms with van der Waals surface area (Å²) in [5, 5.41) is 0. The summed E-state index contributed by atoms with van der Waals surface area (Å²) < 4.78 is 10.6. The van der Waals surface area contributed by atoms with Gasteiger partial charge in [-0.15, -0.1) is 0 Å². The molecule has 11 heavy (non-hydrogen) atoms. The second kappa shape index (κ2) is 3.83. The van der Waals surface area contributed by atoms with Gasteiger partial charge in [0.2, 0.25) is 0 Å². The highest BCUT2D eigenvalue weighted by atomic mass is 16.6. The molecule has 3 nitrogen and oxygen atoms in total. The zero-order valence-corrected chi connectivity index (χ0v) is 6.95. The standard InChI is InChI=1S/C8H14O3/c1-6-8(10-2)5-7(11-6)3-4-9/h4,6-8H,3,5H2,1-2H3/t6-,7+,8+/m0/s1. The normalized spacial score (nSPS) is 37.5. The van der Waals surface area contributed by atoms with Crippen molar-refractivity contribution in [2.24, 2.45) is 0 Å². The van der Waals surface area contributed by atoms with Crippen molar-refractivity contribution in [1.29, 1.82) is 0 Å². The molecule has 1 aliphatic rings. The van der Waals surface area contributed by atoms with E-state index in [0.717, 1.165) is 12.7 Å². The fourth-order valence-electron chi connectivity index (χ4n) is 1.44. The number of carbonyl (C=O) groups is 1. The van der Waals surface area contributed by atoms with Crippen molar-refractivity contribution in [2.75, 3.05) is 7.11 Å². The van der Waals surface area contributed by atoms with Gasteiger partial charge in [-0.25, -0.2) is 0 Å². The van der Waals surface area contributed by atoms with Crippen molar-refractivity contribution in [3.05, 3.63) is 0 Å². The summed E-state index contributed by atoms with van der Waals surface area (Å²) in [6.07, 6.45) is 2.60. The molecule has 0 unspecified atom stereocenters. The van der Waals surface area contributed by atoms with Crippen LogP contribution in [-0.2, 0) is 14.3 Å². The molecule has 0 aromatic heterocycles. The molecule has 1 heterocycles. The lowest BCUT2D eigenvalue weighted by atomic mass is 10.1. The van der Waals surface area contributed by atoms with E-state index in [9.17, 15) is 4.79 Å².